The standard InChI is InChI=1S/C5H10O4S/c6-2-1-3-10(9)4-5(7)8/h6H,1-4H2,(H,7,8). The van der Waals surface area contributed by atoms with Crippen molar-refractivity contribution in [1.29, 1.82) is 0 Å². The summed E-state index contributed by atoms with van der Waals surface area (Å²) in [5.74, 6) is -1.11. The minimum atomic E-state index is -1.31. The molecule has 0 spiro atoms. The van der Waals surface area contributed by atoms with Gasteiger partial charge in [-0.05, 0) is 11.2 Å². The van der Waals surface area contributed by atoms with E-state index < -0.39 is 17.1 Å². The lowest BCUT2D eigenvalue weighted by Crippen LogP contribution is -2.18. The summed E-state index contributed by atoms with van der Waals surface area (Å²) >= 11 is -1.31. The summed E-state index contributed by atoms with van der Waals surface area (Å²) in [5, 5.41) is 16.4. The zero-order valence-electron chi connectivity index (χ0n) is 5.45. The maximum absolute atomic E-state index is 10.6. The third-order valence-corrected chi connectivity index (χ3v) is 2.13. The molecule has 1 atom stereocenters. The Morgan fingerprint density at radius 1 is 1.60 bits per heavy atom. The molecule has 0 amide bonds. The van der Waals surface area contributed by atoms with Crippen LogP contribution in [0.3, 0.4) is 0 Å². The number of aliphatic carboxylic acids is 1. The highest BCUT2D eigenvalue weighted by Crippen LogP contribution is 1.92. The first kappa shape index (κ1) is 9.74. The number of hydrogen-bond acceptors (Lipinski definition) is 3. The van der Waals surface area contributed by atoms with Crippen LogP contribution in [-0.4, -0.2) is 38.8 Å². The predicted molar refractivity (Wildman–Crippen MR) is 37.2 cm³/mol. The van der Waals surface area contributed by atoms with E-state index in [1.165, 1.54) is 0 Å². The third-order valence-electron chi connectivity index (χ3n) is 0.815. The van der Waals surface area contributed by atoms with Gasteiger partial charge in [-0.3, -0.25) is 0 Å². The quantitative estimate of drug-likeness (QED) is 0.524. The van der Waals surface area contributed by atoms with Gasteiger partial charge >= 0.3 is 5.97 Å². The van der Waals surface area contributed by atoms with Crippen LogP contribution in [-0.2, 0) is 16.0 Å². The van der Waals surface area contributed by atoms with Gasteiger partial charge in [-0.1, -0.05) is 0 Å². The third kappa shape index (κ3) is 5.87. The monoisotopic (exact) mass is 166 g/mol. The summed E-state index contributed by atoms with van der Waals surface area (Å²) in [4.78, 5) is 9.92. The van der Waals surface area contributed by atoms with Crippen molar-refractivity contribution in [3.8, 4) is 0 Å². The van der Waals surface area contributed by atoms with Crippen molar-refractivity contribution in [2.24, 2.45) is 0 Å². The minimum absolute atomic E-state index is 0.0364. The molecule has 60 valence electrons. The summed E-state index contributed by atoms with van der Waals surface area (Å²) in [6.45, 7) is -0.0364. The molecule has 0 aliphatic carbocycles. The lowest BCUT2D eigenvalue weighted by Gasteiger charge is -2.05. The van der Waals surface area contributed by atoms with Gasteiger partial charge in [0.15, 0.2) is 0 Å². The summed E-state index contributed by atoms with van der Waals surface area (Å²) in [6.07, 6.45) is 0.403. The Labute approximate surface area is 62.0 Å². The second-order valence-corrected chi connectivity index (χ2v) is 3.34. The predicted octanol–water partition coefficient (Wildman–Crippen LogP) is -0.798. The van der Waals surface area contributed by atoms with Gasteiger partial charge in [0.1, 0.15) is 5.75 Å². The number of aliphatic hydroxyl groups is 1. The molecule has 0 aromatic heterocycles. The van der Waals surface area contributed by atoms with Crippen molar-refractivity contribution < 1.29 is 19.6 Å². The van der Waals surface area contributed by atoms with Crippen molar-refractivity contribution >= 4 is 17.1 Å². The van der Waals surface area contributed by atoms with Crippen LogP contribution in [0, 0.1) is 0 Å². The topological polar surface area (TPSA) is 80.6 Å². The van der Waals surface area contributed by atoms with Gasteiger partial charge in [-0.2, -0.15) is 0 Å². The Morgan fingerprint density at radius 3 is 2.60 bits per heavy atom. The van der Waals surface area contributed by atoms with Crippen LogP contribution < -0.4 is 0 Å². The number of carbonyl (C=O) groups is 1. The van der Waals surface area contributed by atoms with Gasteiger partial charge in [0.2, 0.25) is 5.75 Å². The number of carboxylic acids is 1. The molecule has 0 saturated carbocycles. The highest BCUT2D eigenvalue weighted by molar-refractivity contribution is 7.92. The van der Waals surface area contributed by atoms with E-state index in [-0.39, 0.29) is 18.1 Å². The van der Waals surface area contributed by atoms with Crippen molar-refractivity contribution in [3.63, 3.8) is 0 Å². The molecule has 0 fully saturated rings. The van der Waals surface area contributed by atoms with E-state index in [9.17, 15) is 9.35 Å². The number of carboxylic acid groups (broad SMARTS) is 1. The smallest absolute Gasteiger partial charge is 0.353 e. The van der Waals surface area contributed by atoms with Gasteiger partial charge in [0.05, 0.1) is 0 Å². The lowest BCUT2D eigenvalue weighted by atomic mass is 10.5. The normalized spacial score (nSPS) is 13.0. The van der Waals surface area contributed by atoms with Crippen molar-refractivity contribution in [3.05, 3.63) is 0 Å². The fourth-order valence-electron chi connectivity index (χ4n) is 0.435. The van der Waals surface area contributed by atoms with Crippen LogP contribution in [0.25, 0.3) is 0 Å². The fourth-order valence-corrected chi connectivity index (χ4v) is 1.31. The second-order valence-electron chi connectivity index (χ2n) is 1.76. The molecule has 1 unspecified atom stereocenters. The highest BCUT2D eigenvalue weighted by Gasteiger charge is 2.09. The Bertz CT molecular complexity index is 106. The first-order valence-electron chi connectivity index (χ1n) is 2.84. The molecular weight excluding hydrogens is 156 g/mol. The molecule has 0 aliphatic rings. The molecule has 0 aliphatic heterocycles. The Hall–Kier alpha value is -0.260. The molecule has 0 radical (unpaired) electrons. The molecule has 10 heavy (non-hydrogen) atoms. The van der Waals surface area contributed by atoms with Crippen LogP contribution in [0.5, 0.6) is 0 Å². The number of rotatable bonds is 5. The summed E-state index contributed by atoms with van der Waals surface area (Å²) in [6, 6.07) is 0. The molecular formula is C5H10O4S. The molecule has 0 bridgehead atoms. The van der Waals surface area contributed by atoms with Crippen LogP contribution in [0.1, 0.15) is 6.42 Å². The molecule has 0 rings (SSSR count). The van der Waals surface area contributed by atoms with Gasteiger partial charge in [0, 0.05) is 13.0 Å². The molecule has 2 N–H and O–H groups in total. The van der Waals surface area contributed by atoms with Crippen molar-refractivity contribution in [2.75, 3.05) is 18.1 Å². The van der Waals surface area contributed by atoms with Gasteiger partial charge in [-0.25, -0.2) is 4.79 Å². The molecule has 0 heterocycles. The van der Waals surface area contributed by atoms with Crippen molar-refractivity contribution in [1.82, 2.24) is 0 Å². The van der Waals surface area contributed by atoms with E-state index in [0.29, 0.717) is 6.42 Å². The summed E-state index contributed by atoms with van der Waals surface area (Å²) in [7, 11) is 0. The SMILES string of the molecule is O=C(O)C[S+]([O-])CCCO. The van der Waals surface area contributed by atoms with Gasteiger partial charge in [-0.15, -0.1) is 0 Å². The molecule has 0 aromatic rings. The van der Waals surface area contributed by atoms with Gasteiger partial charge in [0.25, 0.3) is 0 Å². The fraction of sp³-hybridized carbons (Fsp3) is 0.800. The number of hydrogen-bond donors (Lipinski definition) is 2. The first-order chi connectivity index (χ1) is 4.66. The zero-order chi connectivity index (χ0) is 7.98. The lowest BCUT2D eigenvalue weighted by molar-refractivity contribution is -0.134. The Balaban J connectivity index is 3.25. The average Bonchev–Trinajstić information content (AvgIpc) is 1.82. The van der Waals surface area contributed by atoms with Crippen LogP contribution in [0.4, 0.5) is 0 Å². The zero-order valence-corrected chi connectivity index (χ0v) is 6.26. The molecule has 0 aromatic carbocycles. The summed E-state index contributed by atoms with van der Waals surface area (Å²) < 4.78 is 10.6. The average molecular weight is 166 g/mol. The van der Waals surface area contributed by atoms with E-state index >= 15 is 0 Å². The number of aliphatic hydroxyl groups excluding tert-OH is 1. The Morgan fingerprint density at radius 2 is 2.20 bits per heavy atom. The maximum Gasteiger partial charge on any atom is 0.353 e. The largest absolute Gasteiger partial charge is 0.616 e. The van der Waals surface area contributed by atoms with Gasteiger partial charge < -0.3 is 14.8 Å². The van der Waals surface area contributed by atoms with Crippen LogP contribution in [0.15, 0.2) is 0 Å². The van der Waals surface area contributed by atoms with E-state index in [0.717, 1.165) is 0 Å². The van der Waals surface area contributed by atoms with Crippen LogP contribution in [0.2, 0.25) is 0 Å². The Kier molecular flexibility index (Phi) is 5.38. The van der Waals surface area contributed by atoms with Crippen molar-refractivity contribution in [2.45, 2.75) is 6.42 Å². The van der Waals surface area contributed by atoms with E-state index in [1.54, 1.807) is 0 Å². The summed E-state index contributed by atoms with van der Waals surface area (Å²) in [5.41, 5.74) is 0. The van der Waals surface area contributed by atoms with Crippen LogP contribution >= 0.6 is 0 Å². The highest BCUT2D eigenvalue weighted by atomic mass is 32.2. The van der Waals surface area contributed by atoms with E-state index in [2.05, 4.69) is 0 Å². The second kappa shape index (κ2) is 5.52. The van der Waals surface area contributed by atoms with E-state index in [1.807, 2.05) is 0 Å². The molecule has 4 nitrogen and oxygen atoms in total. The minimum Gasteiger partial charge on any atom is -0.616 e. The van der Waals surface area contributed by atoms with E-state index in [4.69, 9.17) is 10.2 Å². The molecule has 0 saturated heterocycles. The first-order valence-corrected chi connectivity index (χ1v) is 4.33. The maximum atomic E-state index is 10.6. The molecule has 5 heteroatoms.